The van der Waals surface area contributed by atoms with Gasteiger partial charge in [-0.2, -0.15) is 0 Å². The third-order valence-corrected chi connectivity index (χ3v) is 8.28. The fourth-order valence-corrected chi connectivity index (χ4v) is 5.31. The van der Waals surface area contributed by atoms with Crippen LogP contribution in [0.15, 0.2) is 42.5 Å². The first kappa shape index (κ1) is 22.2. The van der Waals surface area contributed by atoms with Crippen molar-refractivity contribution in [3.05, 3.63) is 48.0 Å². The number of aliphatic carboxylic acids is 1. The van der Waals surface area contributed by atoms with Gasteiger partial charge in [0.15, 0.2) is 9.84 Å². The number of carboxylic acids is 1. The van der Waals surface area contributed by atoms with Gasteiger partial charge in [0.05, 0.1) is 24.9 Å². The summed E-state index contributed by atoms with van der Waals surface area (Å²) >= 11 is 0. The van der Waals surface area contributed by atoms with Crippen LogP contribution in [-0.4, -0.2) is 67.1 Å². The molecule has 8 heteroatoms. The summed E-state index contributed by atoms with van der Waals surface area (Å²) in [4.78, 5) is 26.3. The van der Waals surface area contributed by atoms with Crippen LogP contribution in [-0.2, 0) is 30.6 Å². The van der Waals surface area contributed by atoms with Gasteiger partial charge in [-0.05, 0) is 36.6 Å². The van der Waals surface area contributed by atoms with E-state index >= 15 is 0 Å². The molecule has 7 nitrogen and oxygen atoms in total. The third-order valence-electron chi connectivity index (χ3n) is 5.71. The molecule has 2 aromatic rings. The van der Waals surface area contributed by atoms with Crippen molar-refractivity contribution >= 4 is 32.5 Å². The summed E-state index contributed by atoms with van der Waals surface area (Å²) in [5.41, 5.74) is 0.771. The molecule has 2 aromatic carbocycles. The minimum Gasteiger partial charge on any atom is -0.481 e. The maximum Gasteiger partial charge on any atom is 0.307 e. The van der Waals surface area contributed by atoms with E-state index in [0.29, 0.717) is 26.3 Å². The molecule has 1 amide bonds. The van der Waals surface area contributed by atoms with E-state index in [-0.39, 0.29) is 6.42 Å². The predicted octanol–water partition coefficient (Wildman–Crippen LogP) is 2.14. The lowest BCUT2D eigenvalue weighted by Crippen LogP contribution is -2.54. The van der Waals surface area contributed by atoms with Gasteiger partial charge in [-0.15, -0.1) is 0 Å². The number of rotatable bonds is 7. The second-order valence-corrected chi connectivity index (χ2v) is 10.7. The Morgan fingerprint density at radius 2 is 1.73 bits per heavy atom. The first-order valence-electron chi connectivity index (χ1n) is 9.92. The number of morpholine rings is 1. The number of ether oxygens (including phenoxy) is 1. The van der Waals surface area contributed by atoms with Gasteiger partial charge in [-0.25, -0.2) is 8.42 Å². The van der Waals surface area contributed by atoms with Crippen molar-refractivity contribution in [3.8, 4) is 0 Å². The fourth-order valence-electron chi connectivity index (χ4n) is 3.71. The Labute approximate surface area is 176 Å². The fraction of sp³-hybridized carbons (Fsp3) is 0.455. The molecule has 1 aliphatic heterocycles. The molecule has 0 saturated carbocycles. The molecule has 0 unspecified atom stereocenters. The average Bonchev–Trinajstić information content (AvgIpc) is 2.73. The molecule has 1 aliphatic rings. The molecule has 1 N–H and O–H groups in total. The molecule has 162 valence electrons. The third kappa shape index (κ3) is 4.49. The van der Waals surface area contributed by atoms with Crippen molar-refractivity contribution in [2.75, 3.05) is 32.1 Å². The number of carboxylic acid groups (broad SMARTS) is 1. The number of carbonyl (C=O) groups is 2. The van der Waals surface area contributed by atoms with Gasteiger partial charge in [0.2, 0.25) is 5.91 Å². The molecule has 1 saturated heterocycles. The number of nitrogens with zero attached hydrogens (tertiary/aromatic N) is 1. The summed E-state index contributed by atoms with van der Waals surface area (Å²) in [7, 11) is -4.04. The van der Waals surface area contributed by atoms with Gasteiger partial charge in [0, 0.05) is 13.1 Å². The molecular formula is C22H27NO6S. The van der Waals surface area contributed by atoms with Gasteiger partial charge in [-0.3, -0.25) is 9.59 Å². The zero-order valence-electron chi connectivity index (χ0n) is 17.2. The highest BCUT2D eigenvalue weighted by atomic mass is 32.2. The zero-order chi connectivity index (χ0) is 21.9. The van der Waals surface area contributed by atoms with Crippen LogP contribution >= 0.6 is 0 Å². The summed E-state index contributed by atoms with van der Waals surface area (Å²) in [5, 5.41) is 11.6. The molecule has 1 atom stereocenters. The van der Waals surface area contributed by atoms with Gasteiger partial charge in [0.1, 0.15) is 4.75 Å². The van der Waals surface area contributed by atoms with E-state index in [1.807, 2.05) is 42.5 Å². The lowest BCUT2D eigenvalue weighted by atomic mass is 9.96. The lowest BCUT2D eigenvalue weighted by molar-refractivity contribution is -0.141. The lowest BCUT2D eigenvalue weighted by Gasteiger charge is -2.34. The highest BCUT2D eigenvalue weighted by Crippen LogP contribution is 2.27. The van der Waals surface area contributed by atoms with E-state index in [2.05, 4.69) is 0 Å². The monoisotopic (exact) mass is 433 g/mol. The van der Waals surface area contributed by atoms with E-state index in [1.54, 1.807) is 0 Å². The van der Waals surface area contributed by atoms with E-state index in [9.17, 15) is 23.1 Å². The summed E-state index contributed by atoms with van der Waals surface area (Å²) < 4.78 is 29.8. The molecule has 0 spiro atoms. The molecule has 30 heavy (non-hydrogen) atoms. The number of amides is 1. The largest absolute Gasteiger partial charge is 0.481 e. The standard InChI is InChI=1S/C22H27NO6S/c1-22(2,21(26)23-10-12-29-13-11-23)30(27,28)15-18(20(24)25)14-17-8-5-7-16-6-3-4-9-19(16)17/h3-9,18H,10-15H2,1-2H3,(H,24,25)/t18-/m1/s1. The molecule has 0 aliphatic carbocycles. The van der Waals surface area contributed by atoms with Gasteiger partial charge >= 0.3 is 5.97 Å². The summed E-state index contributed by atoms with van der Waals surface area (Å²) in [6.45, 7) is 4.10. The van der Waals surface area contributed by atoms with Crippen LogP contribution in [0.2, 0.25) is 0 Å². The van der Waals surface area contributed by atoms with Crippen LogP contribution in [0.25, 0.3) is 10.8 Å². The highest BCUT2D eigenvalue weighted by Gasteiger charge is 2.46. The van der Waals surface area contributed by atoms with E-state index in [1.165, 1.54) is 18.7 Å². The van der Waals surface area contributed by atoms with E-state index in [4.69, 9.17) is 4.74 Å². The summed E-state index contributed by atoms with van der Waals surface area (Å²) in [6, 6.07) is 13.1. The van der Waals surface area contributed by atoms with Crippen LogP contribution in [0, 0.1) is 5.92 Å². The van der Waals surface area contributed by atoms with Crippen molar-refractivity contribution in [2.24, 2.45) is 5.92 Å². The first-order valence-corrected chi connectivity index (χ1v) is 11.6. The van der Waals surface area contributed by atoms with Crippen molar-refractivity contribution in [3.63, 3.8) is 0 Å². The van der Waals surface area contributed by atoms with Gasteiger partial charge < -0.3 is 14.7 Å². The molecule has 3 rings (SSSR count). The van der Waals surface area contributed by atoms with Crippen molar-refractivity contribution < 1.29 is 27.9 Å². The molecule has 1 fully saturated rings. The maximum absolute atomic E-state index is 13.2. The number of carbonyl (C=O) groups excluding carboxylic acids is 1. The summed E-state index contributed by atoms with van der Waals surface area (Å²) in [5.74, 6) is -3.46. The molecule has 0 radical (unpaired) electrons. The normalized spacial score (nSPS) is 16.4. The second-order valence-electron chi connectivity index (χ2n) is 8.07. The number of sulfone groups is 1. The van der Waals surface area contributed by atoms with Gasteiger partial charge in [0.25, 0.3) is 0 Å². The van der Waals surface area contributed by atoms with Crippen molar-refractivity contribution in [1.82, 2.24) is 4.90 Å². The Kier molecular flexibility index (Phi) is 6.47. The Bertz CT molecular complexity index is 1040. The van der Waals surface area contributed by atoms with Crippen LogP contribution in [0.1, 0.15) is 19.4 Å². The molecule has 0 aromatic heterocycles. The molecule has 0 bridgehead atoms. The first-order chi connectivity index (χ1) is 14.1. The topological polar surface area (TPSA) is 101 Å². The number of benzene rings is 2. The minimum atomic E-state index is -4.04. The van der Waals surface area contributed by atoms with E-state index < -0.39 is 38.1 Å². The SMILES string of the molecule is CC(C)(C(=O)N1CCOCC1)S(=O)(=O)C[C@@H](Cc1cccc2ccccc12)C(=O)O. The maximum atomic E-state index is 13.2. The van der Waals surface area contributed by atoms with E-state index in [0.717, 1.165) is 16.3 Å². The van der Waals surface area contributed by atoms with Crippen LogP contribution in [0.3, 0.4) is 0 Å². The Morgan fingerprint density at radius 3 is 2.40 bits per heavy atom. The number of fused-ring (bicyclic) bond motifs is 1. The second kappa shape index (κ2) is 8.73. The van der Waals surface area contributed by atoms with Crippen LogP contribution < -0.4 is 0 Å². The van der Waals surface area contributed by atoms with Crippen LogP contribution in [0.4, 0.5) is 0 Å². The van der Waals surface area contributed by atoms with Crippen LogP contribution in [0.5, 0.6) is 0 Å². The Morgan fingerprint density at radius 1 is 1.10 bits per heavy atom. The zero-order valence-corrected chi connectivity index (χ0v) is 18.0. The number of hydrogen-bond acceptors (Lipinski definition) is 5. The van der Waals surface area contributed by atoms with Crippen molar-refractivity contribution in [1.29, 1.82) is 0 Å². The highest BCUT2D eigenvalue weighted by molar-refractivity contribution is 7.93. The Balaban J connectivity index is 1.84. The smallest absolute Gasteiger partial charge is 0.307 e. The Hall–Kier alpha value is -2.45. The average molecular weight is 434 g/mol. The van der Waals surface area contributed by atoms with Crippen molar-refractivity contribution in [2.45, 2.75) is 25.0 Å². The van der Waals surface area contributed by atoms with Gasteiger partial charge in [-0.1, -0.05) is 42.5 Å². The molecular weight excluding hydrogens is 406 g/mol. The predicted molar refractivity (Wildman–Crippen MR) is 114 cm³/mol. The summed E-state index contributed by atoms with van der Waals surface area (Å²) in [6.07, 6.45) is 0.0672. The quantitative estimate of drug-likeness (QED) is 0.718. The minimum absolute atomic E-state index is 0.0672. The number of hydrogen-bond donors (Lipinski definition) is 1. The molecule has 1 heterocycles.